The van der Waals surface area contributed by atoms with Crippen LogP contribution in [0.2, 0.25) is 16.1 Å². The molecular formula is C23H35Cl3SiTi. The first-order chi connectivity index (χ1) is 11.3. The van der Waals surface area contributed by atoms with Gasteiger partial charge in [0.15, 0.2) is 0 Å². The number of rotatable bonds is 6. The molecule has 0 spiro atoms. The van der Waals surface area contributed by atoms with Gasteiger partial charge in [0, 0.05) is 0 Å². The summed E-state index contributed by atoms with van der Waals surface area (Å²) < 4.78 is 0. The van der Waals surface area contributed by atoms with Crippen molar-refractivity contribution in [2.45, 2.75) is 84.4 Å². The standard InChI is InChI=1S/C23H35Si.3ClH.Ti/c1-9-18(4)24(19(5)10-2,22-14-12-11-13-15-22)23(8)16-17(3)20(6)21(23)7;;;;/h11-15,18-19H,9-10H2,1-8H3;3*1H;/q-1;;;;+4/p-3. The van der Waals surface area contributed by atoms with E-state index in [1.165, 1.54) is 24.0 Å². The summed E-state index contributed by atoms with van der Waals surface area (Å²) in [5.41, 5.74) is 5.85. The van der Waals surface area contributed by atoms with Crippen LogP contribution in [0.4, 0.5) is 0 Å². The molecule has 5 heteroatoms. The molecule has 0 heterocycles. The molecule has 156 valence electrons. The second-order valence-electron chi connectivity index (χ2n) is 7.98. The van der Waals surface area contributed by atoms with E-state index in [0.717, 1.165) is 11.1 Å². The summed E-state index contributed by atoms with van der Waals surface area (Å²) in [6, 6.07) is 11.5. The molecule has 0 radical (unpaired) electrons. The van der Waals surface area contributed by atoms with E-state index >= 15 is 0 Å². The Kier molecular flexibility index (Phi) is 15.4. The average molecular weight is 494 g/mol. The molecular weight excluding hydrogens is 459 g/mol. The predicted octanol–water partition coefficient (Wildman–Crippen LogP) is -2.19. The maximum Gasteiger partial charge on any atom is 4.00 e. The van der Waals surface area contributed by atoms with E-state index in [4.69, 9.17) is 0 Å². The Morgan fingerprint density at radius 3 is 1.64 bits per heavy atom. The molecule has 28 heavy (non-hydrogen) atoms. The van der Waals surface area contributed by atoms with Crippen molar-refractivity contribution in [3.05, 3.63) is 53.1 Å². The molecule has 0 fully saturated rings. The maximum absolute atomic E-state index is 4.00. The number of hydrogen-bond acceptors (Lipinski definition) is 0. The normalized spacial score (nSPS) is 22.4. The van der Waals surface area contributed by atoms with Crippen molar-refractivity contribution in [1.29, 1.82) is 0 Å². The molecule has 2 rings (SSSR count). The fourth-order valence-corrected chi connectivity index (χ4v) is 13.2. The van der Waals surface area contributed by atoms with Gasteiger partial charge in [-0.15, -0.1) is 6.92 Å². The topological polar surface area (TPSA) is 0 Å². The number of benzene rings is 1. The molecule has 1 aromatic rings. The molecule has 1 aromatic carbocycles. The maximum atomic E-state index is 4.00. The average Bonchev–Trinajstić information content (AvgIpc) is 2.79. The first kappa shape index (κ1) is 33.1. The minimum Gasteiger partial charge on any atom is -1.00 e. The van der Waals surface area contributed by atoms with Gasteiger partial charge in [-0.25, -0.2) is 5.57 Å². The SMILES string of the molecule is CCC(C)[Si](c1ccccc1)(C(C)CC)C1(C)[C-]=C(C)C(C)=C1C.[Cl-].[Cl-].[Cl-].[Ti+4]. The van der Waals surface area contributed by atoms with Gasteiger partial charge in [-0.3, -0.25) is 6.08 Å². The van der Waals surface area contributed by atoms with Crippen LogP contribution in [0.3, 0.4) is 0 Å². The van der Waals surface area contributed by atoms with Gasteiger partial charge in [0.05, 0.1) is 8.07 Å². The Balaban J connectivity index is -0.00000156. The summed E-state index contributed by atoms with van der Waals surface area (Å²) in [5, 5.41) is 1.71. The van der Waals surface area contributed by atoms with Crippen LogP contribution in [-0.4, -0.2) is 8.07 Å². The summed E-state index contributed by atoms with van der Waals surface area (Å²) in [4.78, 5) is 0. The molecule has 3 atom stereocenters. The van der Waals surface area contributed by atoms with Crippen LogP contribution in [0.1, 0.15) is 68.2 Å². The van der Waals surface area contributed by atoms with E-state index in [1.54, 1.807) is 10.8 Å². The van der Waals surface area contributed by atoms with Crippen LogP contribution in [0.15, 0.2) is 47.1 Å². The summed E-state index contributed by atoms with van der Waals surface area (Å²) in [5.74, 6) is 0. The van der Waals surface area contributed by atoms with Crippen LogP contribution >= 0.6 is 0 Å². The Labute approximate surface area is 208 Å². The predicted molar refractivity (Wildman–Crippen MR) is 110 cm³/mol. The molecule has 0 amide bonds. The number of hydrogen-bond donors (Lipinski definition) is 0. The largest absolute Gasteiger partial charge is 4.00 e. The van der Waals surface area contributed by atoms with Crippen molar-refractivity contribution >= 4 is 13.3 Å². The third-order valence-corrected chi connectivity index (χ3v) is 14.5. The molecule has 0 nitrogen and oxygen atoms in total. The van der Waals surface area contributed by atoms with Gasteiger partial charge in [-0.1, -0.05) is 102 Å². The molecule has 1 aliphatic carbocycles. The van der Waals surface area contributed by atoms with Crippen LogP contribution in [0.25, 0.3) is 0 Å². The molecule has 0 aromatic heterocycles. The third-order valence-electron chi connectivity index (χ3n) is 7.17. The number of allylic oxidation sites excluding steroid dienone is 4. The quantitative estimate of drug-likeness (QED) is 0.312. The monoisotopic (exact) mass is 492 g/mol. The van der Waals surface area contributed by atoms with Crippen LogP contribution < -0.4 is 42.4 Å². The molecule has 0 aliphatic heterocycles. The van der Waals surface area contributed by atoms with Gasteiger partial charge in [0.2, 0.25) is 0 Å². The molecule has 1 aliphatic rings. The number of halogens is 3. The van der Waals surface area contributed by atoms with Crippen molar-refractivity contribution in [1.82, 2.24) is 0 Å². The fourth-order valence-electron chi connectivity index (χ4n) is 5.32. The van der Waals surface area contributed by atoms with E-state index in [1.807, 2.05) is 0 Å². The van der Waals surface area contributed by atoms with Crippen molar-refractivity contribution < 1.29 is 58.9 Å². The molecule has 0 saturated carbocycles. The summed E-state index contributed by atoms with van der Waals surface area (Å²) in [6.07, 6.45) is 6.49. The molecule has 0 N–H and O–H groups in total. The minimum atomic E-state index is -1.91. The van der Waals surface area contributed by atoms with Crippen molar-refractivity contribution in [3.63, 3.8) is 0 Å². The Morgan fingerprint density at radius 2 is 1.32 bits per heavy atom. The van der Waals surface area contributed by atoms with E-state index in [9.17, 15) is 0 Å². The van der Waals surface area contributed by atoms with E-state index in [2.05, 4.69) is 91.8 Å². The van der Waals surface area contributed by atoms with E-state index < -0.39 is 8.07 Å². The second-order valence-corrected chi connectivity index (χ2v) is 13.3. The van der Waals surface area contributed by atoms with Crippen LogP contribution in [-0.2, 0) is 21.7 Å². The summed E-state index contributed by atoms with van der Waals surface area (Å²) >= 11 is 0. The third kappa shape index (κ3) is 5.04. The Morgan fingerprint density at radius 1 is 0.893 bits per heavy atom. The Hall–Kier alpha value is 0.501. The van der Waals surface area contributed by atoms with Gasteiger partial charge in [-0.05, 0) is 11.1 Å². The summed E-state index contributed by atoms with van der Waals surface area (Å²) in [7, 11) is -1.91. The van der Waals surface area contributed by atoms with Gasteiger partial charge < -0.3 is 37.2 Å². The van der Waals surface area contributed by atoms with Gasteiger partial charge in [0.1, 0.15) is 0 Å². The zero-order valence-electron chi connectivity index (χ0n) is 18.6. The zero-order valence-corrected chi connectivity index (χ0v) is 23.4. The molecule has 0 saturated heterocycles. The summed E-state index contributed by atoms with van der Waals surface area (Å²) in [6.45, 7) is 19.2. The van der Waals surface area contributed by atoms with Gasteiger partial charge in [-0.2, -0.15) is 11.1 Å². The van der Waals surface area contributed by atoms with Crippen molar-refractivity contribution in [2.24, 2.45) is 0 Å². The van der Waals surface area contributed by atoms with Crippen LogP contribution in [0.5, 0.6) is 0 Å². The second kappa shape index (κ2) is 13.0. The first-order valence-corrected chi connectivity index (χ1v) is 11.8. The van der Waals surface area contributed by atoms with Gasteiger partial charge in [0.25, 0.3) is 0 Å². The van der Waals surface area contributed by atoms with Crippen LogP contribution in [0, 0.1) is 6.08 Å². The molecule has 3 unspecified atom stereocenters. The minimum absolute atomic E-state index is 0. The fraction of sp³-hybridized carbons (Fsp3) is 0.565. The van der Waals surface area contributed by atoms with Gasteiger partial charge >= 0.3 is 21.7 Å². The van der Waals surface area contributed by atoms with E-state index in [-0.39, 0.29) is 64.0 Å². The van der Waals surface area contributed by atoms with Crippen molar-refractivity contribution in [3.8, 4) is 0 Å². The van der Waals surface area contributed by atoms with E-state index in [0.29, 0.717) is 0 Å². The van der Waals surface area contributed by atoms with Crippen molar-refractivity contribution in [2.75, 3.05) is 0 Å². The Bertz CT molecular complexity index is 647. The smallest absolute Gasteiger partial charge is 1.00 e. The first-order valence-electron chi connectivity index (χ1n) is 9.62. The zero-order chi connectivity index (χ0) is 18.1. The molecule has 0 bridgehead atoms.